The van der Waals surface area contributed by atoms with Crippen LogP contribution in [0.15, 0.2) is 36.7 Å². The van der Waals surface area contributed by atoms with Gasteiger partial charge in [-0.1, -0.05) is 26.0 Å². The van der Waals surface area contributed by atoms with Crippen LogP contribution in [0.5, 0.6) is 5.75 Å². The maximum Gasteiger partial charge on any atom is 0.227 e. The lowest BCUT2D eigenvalue weighted by molar-refractivity contribution is -0.129. The molecule has 2 rings (SSSR count). The van der Waals surface area contributed by atoms with Gasteiger partial charge in [-0.15, -0.1) is 0 Å². The van der Waals surface area contributed by atoms with Gasteiger partial charge in [0.05, 0.1) is 6.42 Å². The first-order valence-electron chi connectivity index (χ1n) is 7.28. The highest BCUT2D eigenvalue weighted by molar-refractivity contribution is 5.78. The smallest absolute Gasteiger partial charge is 0.227 e. The second kappa shape index (κ2) is 7.02. The lowest BCUT2D eigenvalue weighted by atomic mass is 10.1. The minimum atomic E-state index is -0.0152. The van der Waals surface area contributed by atoms with E-state index in [1.54, 1.807) is 42.5 Å². The SMILES string of the molecule is CC(C)c1ncc(CN(C)C(=O)Cc2cccc(O)c2)cn1. The molecule has 1 amide bonds. The first-order chi connectivity index (χ1) is 10.5. The van der Waals surface area contributed by atoms with Gasteiger partial charge in [-0.05, 0) is 17.7 Å². The van der Waals surface area contributed by atoms with E-state index in [9.17, 15) is 9.90 Å². The topological polar surface area (TPSA) is 66.3 Å². The molecule has 5 heteroatoms. The van der Waals surface area contributed by atoms with Crippen LogP contribution in [0.3, 0.4) is 0 Å². The minimum Gasteiger partial charge on any atom is -0.508 e. The van der Waals surface area contributed by atoms with Crippen molar-refractivity contribution in [1.29, 1.82) is 0 Å². The Morgan fingerprint density at radius 1 is 1.23 bits per heavy atom. The number of benzene rings is 1. The van der Waals surface area contributed by atoms with Gasteiger partial charge < -0.3 is 10.0 Å². The Morgan fingerprint density at radius 2 is 1.91 bits per heavy atom. The molecular weight excluding hydrogens is 278 g/mol. The molecule has 1 aromatic carbocycles. The van der Waals surface area contributed by atoms with Crippen molar-refractivity contribution in [2.75, 3.05) is 7.05 Å². The molecule has 0 atom stereocenters. The van der Waals surface area contributed by atoms with E-state index in [4.69, 9.17) is 0 Å². The van der Waals surface area contributed by atoms with Gasteiger partial charge in [0.25, 0.3) is 0 Å². The molecule has 0 bridgehead atoms. The van der Waals surface area contributed by atoms with E-state index < -0.39 is 0 Å². The van der Waals surface area contributed by atoms with Gasteiger partial charge in [0.15, 0.2) is 0 Å². The van der Waals surface area contributed by atoms with Crippen molar-refractivity contribution in [2.24, 2.45) is 0 Å². The molecule has 0 fully saturated rings. The van der Waals surface area contributed by atoms with Crippen molar-refractivity contribution < 1.29 is 9.90 Å². The molecule has 1 heterocycles. The lowest BCUT2D eigenvalue weighted by Crippen LogP contribution is -2.27. The second-order valence-corrected chi connectivity index (χ2v) is 5.70. The van der Waals surface area contributed by atoms with Gasteiger partial charge in [0, 0.05) is 37.5 Å². The van der Waals surface area contributed by atoms with Crippen molar-refractivity contribution in [3.8, 4) is 5.75 Å². The standard InChI is InChI=1S/C17H21N3O2/c1-12(2)17-18-9-14(10-19-17)11-20(3)16(22)8-13-5-4-6-15(21)7-13/h4-7,9-10,12,21H,8,11H2,1-3H3. The predicted octanol–water partition coefficient (Wildman–Crippen LogP) is 2.51. The lowest BCUT2D eigenvalue weighted by Gasteiger charge is -2.17. The summed E-state index contributed by atoms with van der Waals surface area (Å²) < 4.78 is 0. The minimum absolute atomic E-state index is 0.0152. The van der Waals surface area contributed by atoms with E-state index >= 15 is 0 Å². The number of carbonyl (C=O) groups excluding carboxylic acids is 1. The van der Waals surface area contributed by atoms with Crippen molar-refractivity contribution in [2.45, 2.75) is 32.7 Å². The fraction of sp³-hybridized carbons (Fsp3) is 0.353. The molecule has 22 heavy (non-hydrogen) atoms. The largest absolute Gasteiger partial charge is 0.508 e. The summed E-state index contributed by atoms with van der Waals surface area (Å²) >= 11 is 0. The molecule has 0 saturated heterocycles. The quantitative estimate of drug-likeness (QED) is 0.921. The van der Waals surface area contributed by atoms with E-state index in [1.165, 1.54) is 0 Å². The van der Waals surface area contributed by atoms with Crippen LogP contribution < -0.4 is 0 Å². The maximum absolute atomic E-state index is 12.2. The average molecular weight is 299 g/mol. The number of aromatic hydroxyl groups is 1. The van der Waals surface area contributed by atoms with Crippen LogP contribution in [-0.4, -0.2) is 32.9 Å². The number of phenolic OH excluding ortho intramolecular Hbond substituents is 1. The summed E-state index contributed by atoms with van der Waals surface area (Å²) in [6, 6.07) is 6.75. The highest BCUT2D eigenvalue weighted by Gasteiger charge is 2.11. The monoisotopic (exact) mass is 299 g/mol. The predicted molar refractivity (Wildman–Crippen MR) is 84.4 cm³/mol. The van der Waals surface area contributed by atoms with Gasteiger partial charge in [0.2, 0.25) is 5.91 Å². The summed E-state index contributed by atoms with van der Waals surface area (Å²) in [6.45, 7) is 4.55. The van der Waals surface area contributed by atoms with E-state index in [-0.39, 0.29) is 18.1 Å². The van der Waals surface area contributed by atoms with Crippen molar-refractivity contribution >= 4 is 5.91 Å². The second-order valence-electron chi connectivity index (χ2n) is 5.70. The van der Waals surface area contributed by atoms with Crippen molar-refractivity contribution in [3.05, 3.63) is 53.6 Å². The van der Waals surface area contributed by atoms with Gasteiger partial charge in [-0.2, -0.15) is 0 Å². The zero-order valence-corrected chi connectivity index (χ0v) is 13.2. The van der Waals surface area contributed by atoms with Crippen LogP contribution in [0.25, 0.3) is 0 Å². The Bertz CT molecular complexity index is 639. The first-order valence-corrected chi connectivity index (χ1v) is 7.28. The molecular formula is C17H21N3O2. The van der Waals surface area contributed by atoms with E-state index in [1.807, 2.05) is 19.9 Å². The summed E-state index contributed by atoms with van der Waals surface area (Å²) in [6.07, 6.45) is 3.79. The molecule has 1 N–H and O–H groups in total. The fourth-order valence-electron chi connectivity index (χ4n) is 2.08. The van der Waals surface area contributed by atoms with E-state index in [0.717, 1.165) is 17.0 Å². The fourth-order valence-corrected chi connectivity index (χ4v) is 2.08. The van der Waals surface area contributed by atoms with Crippen LogP contribution >= 0.6 is 0 Å². The van der Waals surface area contributed by atoms with Crippen LogP contribution in [0, 0.1) is 0 Å². The maximum atomic E-state index is 12.2. The molecule has 0 aliphatic carbocycles. The Morgan fingerprint density at radius 3 is 2.50 bits per heavy atom. The number of hydrogen-bond donors (Lipinski definition) is 1. The zero-order chi connectivity index (χ0) is 16.1. The molecule has 0 saturated carbocycles. The summed E-state index contributed by atoms with van der Waals surface area (Å²) in [7, 11) is 1.75. The van der Waals surface area contributed by atoms with Crippen LogP contribution in [-0.2, 0) is 17.8 Å². The Balaban J connectivity index is 1.96. The number of nitrogens with zero attached hydrogens (tertiary/aromatic N) is 3. The Labute approximate surface area is 130 Å². The van der Waals surface area contributed by atoms with Gasteiger partial charge >= 0.3 is 0 Å². The molecule has 0 radical (unpaired) electrons. The number of rotatable bonds is 5. The molecule has 5 nitrogen and oxygen atoms in total. The Hall–Kier alpha value is -2.43. The number of carbonyl (C=O) groups is 1. The number of phenols is 1. The van der Waals surface area contributed by atoms with E-state index in [0.29, 0.717) is 12.5 Å². The molecule has 1 aromatic heterocycles. The average Bonchev–Trinajstić information content (AvgIpc) is 2.47. The third kappa shape index (κ3) is 4.28. The third-order valence-electron chi connectivity index (χ3n) is 3.35. The molecule has 0 unspecified atom stereocenters. The van der Waals surface area contributed by atoms with Crippen LogP contribution in [0.1, 0.15) is 36.7 Å². The molecule has 116 valence electrons. The van der Waals surface area contributed by atoms with Crippen LogP contribution in [0.4, 0.5) is 0 Å². The number of aromatic nitrogens is 2. The highest BCUT2D eigenvalue weighted by Crippen LogP contribution is 2.13. The summed E-state index contributed by atoms with van der Waals surface area (Å²) in [5.41, 5.74) is 1.69. The summed E-state index contributed by atoms with van der Waals surface area (Å²) in [5.74, 6) is 1.25. The molecule has 0 aliphatic heterocycles. The van der Waals surface area contributed by atoms with Gasteiger partial charge in [-0.25, -0.2) is 9.97 Å². The number of likely N-dealkylation sites (N-methyl/N-ethyl adjacent to an activating group) is 1. The number of amides is 1. The molecule has 0 aliphatic rings. The third-order valence-corrected chi connectivity index (χ3v) is 3.35. The first kappa shape index (κ1) is 15.9. The molecule has 0 spiro atoms. The van der Waals surface area contributed by atoms with Crippen LogP contribution in [0.2, 0.25) is 0 Å². The normalized spacial score (nSPS) is 10.7. The van der Waals surface area contributed by atoms with Crippen molar-refractivity contribution in [3.63, 3.8) is 0 Å². The molecule has 2 aromatic rings. The van der Waals surface area contributed by atoms with Gasteiger partial charge in [0.1, 0.15) is 11.6 Å². The van der Waals surface area contributed by atoms with Crippen molar-refractivity contribution in [1.82, 2.24) is 14.9 Å². The zero-order valence-electron chi connectivity index (χ0n) is 13.2. The highest BCUT2D eigenvalue weighted by atomic mass is 16.3. The van der Waals surface area contributed by atoms with Gasteiger partial charge in [-0.3, -0.25) is 4.79 Å². The number of hydrogen-bond acceptors (Lipinski definition) is 4. The van der Waals surface area contributed by atoms with E-state index in [2.05, 4.69) is 9.97 Å². The summed E-state index contributed by atoms with van der Waals surface area (Å²) in [5, 5.41) is 9.43. The Kier molecular flexibility index (Phi) is 5.09. The summed E-state index contributed by atoms with van der Waals surface area (Å²) in [4.78, 5) is 22.5.